The van der Waals surface area contributed by atoms with E-state index < -0.39 is 0 Å². The maximum Gasteiger partial charge on any atom is -0.0326 e. The van der Waals surface area contributed by atoms with Gasteiger partial charge in [-0.05, 0) is 36.5 Å². The molecule has 0 aliphatic heterocycles. The zero-order chi connectivity index (χ0) is 10.6. The fraction of sp³-hybridized carbons (Fsp3) is 1.00. The van der Waals surface area contributed by atoms with Crippen LogP contribution >= 0.6 is 0 Å². The van der Waals surface area contributed by atoms with Crippen LogP contribution in [-0.4, -0.2) is 0 Å². The van der Waals surface area contributed by atoms with Crippen molar-refractivity contribution in [2.75, 3.05) is 0 Å². The molecule has 2 atom stereocenters. The van der Waals surface area contributed by atoms with Crippen molar-refractivity contribution in [3.8, 4) is 0 Å². The highest BCUT2D eigenvalue weighted by Crippen LogP contribution is 2.43. The highest BCUT2D eigenvalue weighted by Gasteiger charge is 2.32. The summed E-state index contributed by atoms with van der Waals surface area (Å²) in [5, 5.41) is 0. The molecule has 0 radical (unpaired) electrons. The van der Waals surface area contributed by atoms with Gasteiger partial charge in [-0.15, -0.1) is 0 Å². The second kappa shape index (κ2) is 5.19. The first kappa shape index (κ1) is 12.1. The van der Waals surface area contributed by atoms with E-state index in [0.29, 0.717) is 5.41 Å². The third-order valence-corrected chi connectivity index (χ3v) is 4.22. The zero-order valence-corrected chi connectivity index (χ0v) is 10.6. The Bertz CT molecular complexity index is 157. The van der Waals surface area contributed by atoms with Gasteiger partial charge in [-0.25, -0.2) is 0 Å². The zero-order valence-electron chi connectivity index (χ0n) is 10.6. The molecule has 1 rings (SSSR count). The van der Waals surface area contributed by atoms with Crippen LogP contribution in [0.5, 0.6) is 0 Å². The van der Waals surface area contributed by atoms with E-state index in [1.54, 1.807) is 0 Å². The van der Waals surface area contributed by atoms with Crippen LogP contribution in [0.15, 0.2) is 0 Å². The SMILES string of the molecule is CCCCC1CC(C)CCCC1(C)C. The minimum absolute atomic E-state index is 0.611. The van der Waals surface area contributed by atoms with E-state index in [1.807, 2.05) is 0 Å². The van der Waals surface area contributed by atoms with Crippen LogP contribution in [0.25, 0.3) is 0 Å². The minimum atomic E-state index is 0.611. The normalized spacial score (nSPS) is 32.6. The third kappa shape index (κ3) is 3.29. The quantitative estimate of drug-likeness (QED) is 0.555. The van der Waals surface area contributed by atoms with Crippen LogP contribution in [0.4, 0.5) is 0 Å². The van der Waals surface area contributed by atoms with E-state index in [4.69, 9.17) is 0 Å². The van der Waals surface area contributed by atoms with Gasteiger partial charge < -0.3 is 0 Å². The van der Waals surface area contributed by atoms with Gasteiger partial charge in [0.25, 0.3) is 0 Å². The van der Waals surface area contributed by atoms with Crippen LogP contribution in [0, 0.1) is 17.3 Å². The lowest BCUT2D eigenvalue weighted by Gasteiger charge is -2.33. The van der Waals surface area contributed by atoms with E-state index in [0.717, 1.165) is 11.8 Å². The molecular weight excluding hydrogens is 168 g/mol. The summed E-state index contributed by atoms with van der Waals surface area (Å²) in [5.41, 5.74) is 0.611. The lowest BCUT2D eigenvalue weighted by atomic mass is 9.72. The van der Waals surface area contributed by atoms with Crippen molar-refractivity contribution in [1.82, 2.24) is 0 Å². The molecule has 1 saturated carbocycles. The summed E-state index contributed by atoms with van der Waals surface area (Å²) in [6.45, 7) is 9.74. The van der Waals surface area contributed by atoms with E-state index in [1.165, 1.54) is 44.9 Å². The molecule has 84 valence electrons. The van der Waals surface area contributed by atoms with Crippen LogP contribution in [0.2, 0.25) is 0 Å². The van der Waals surface area contributed by atoms with Gasteiger partial charge in [0.1, 0.15) is 0 Å². The Balaban J connectivity index is 2.54. The topological polar surface area (TPSA) is 0 Å². The number of unbranched alkanes of at least 4 members (excludes halogenated alkanes) is 1. The van der Waals surface area contributed by atoms with Gasteiger partial charge in [-0.1, -0.05) is 53.4 Å². The Morgan fingerprint density at radius 2 is 2.00 bits per heavy atom. The molecular formula is C14H28. The molecule has 14 heavy (non-hydrogen) atoms. The molecule has 1 aliphatic rings. The fourth-order valence-electron chi connectivity index (χ4n) is 2.99. The summed E-state index contributed by atoms with van der Waals surface area (Å²) >= 11 is 0. The monoisotopic (exact) mass is 196 g/mol. The van der Waals surface area contributed by atoms with Crippen LogP contribution in [0.3, 0.4) is 0 Å². The Labute approximate surface area is 90.5 Å². The fourth-order valence-corrected chi connectivity index (χ4v) is 2.99. The highest BCUT2D eigenvalue weighted by atomic mass is 14.4. The van der Waals surface area contributed by atoms with Crippen molar-refractivity contribution in [1.29, 1.82) is 0 Å². The van der Waals surface area contributed by atoms with Crippen molar-refractivity contribution in [2.24, 2.45) is 17.3 Å². The Hall–Kier alpha value is 0. The molecule has 0 N–H and O–H groups in total. The predicted octanol–water partition coefficient (Wildman–Crippen LogP) is 5.03. The van der Waals surface area contributed by atoms with Gasteiger partial charge in [0.05, 0.1) is 0 Å². The lowest BCUT2D eigenvalue weighted by Crippen LogP contribution is -2.23. The highest BCUT2D eigenvalue weighted by molar-refractivity contribution is 4.83. The van der Waals surface area contributed by atoms with Gasteiger partial charge in [-0.3, -0.25) is 0 Å². The van der Waals surface area contributed by atoms with E-state index in [-0.39, 0.29) is 0 Å². The molecule has 1 fully saturated rings. The molecule has 0 heterocycles. The van der Waals surface area contributed by atoms with Gasteiger partial charge in [0.2, 0.25) is 0 Å². The summed E-state index contributed by atoms with van der Waals surface area (Å²) in [7, 11) is 0. The van der Waals surface area contributed by atoms with Crippen molar-refractivity contribution >= 4 is 0 Å². The molecule has 0 nitrogen and oxygen atoms in total. The van der Waals surface area contributed by atoms with Crippen LogP contribution < -0.4 is 0 Å². The first-order valence-corrected chi connectivity index (χ1v) is 6.56. The molecule has 2 unspecified atom stereocenters. The maximum atomic E-state index is 2.49. The van der Waals surface area contributed by atoms with E-state index in [2.05, 4.69) is 27.7 Å². The van der Waals surface area contributed by atoms with E-state index in [9.17, 15) is 0 Å². The van der Waals surface area contributed by atoms with Crippen molar-refractivity contribution in [2.45, 2.75) is 72.6 Å². The molecule has 0 saturated heterocycles. The molecule has 0 amide bonds. The Morgan fingerprint density at radius 3 is 2.64 bits per heavy atom. The standard InChI is InChI=1S/C14H28/c1-5-6-9-13-11-12(2)8-7-10-14(13,3)4/h12-13H,5-11H2,1-4H3. The number of hydrogen-bond acceptors (Lipinski definition) is 0. The summed E-state index contributed by atoms with van der Waals surface area (Å²) < 4.78 is 0. The van der Waals surface area contributed by atoms with E-state index >= 15 is 0 Å². The molecule has 0 bridgehead atoms. The molecule has 0 spiro atoms. The number of hydrogen-bond donors (Lipinski definition) is 0. The van der Waals surface area contributed by atoms with Gasteiger partial charge in [0.15, 0.2) is 0 Å². The van der Waals surface area contributed by atoms with Crippen molar-refractivity contribution < 1.29 is 0 Å². The average Bonchev–Trinajstić information content (AvgIpc) is 2.22. The molecule has 0 heteroatoms. The van der Waals surface area contributed by atoms with Gasteiger partial charge in [0, 0.05) is 0 Å². The molecule has 0 aromatic carbocycles. The van der Waals surface area contributed by atoms with Crippen LogP contribution in [0.1, 0.15) is 72.6 Å². The van der Waals surface area contributed by atoms with Crippen LogP contribution in [-0.2, 0) is 0 Å². The second-order valence-corrected chi connectivity index (χ2v) is 6.06. The predicted molar refractivity (Wildman–Crippen MR) is 64.4 cm³/mol. The summed E-state index contributed by atoms with van der Waals surface area (Å²) in [4.78, 5) is 0. The average molecular weight is 196 g/mol. The largest absolute Gasteiger partial charge is 0.0654 e. The number of rotatable bonds is 3. The minimum Gasteiger partial charge on any atom is -0.0654 e. The molecule has 0 aromatic rings. The summed E-state index contributed by atoms with van der Waals surface area (Å²) in [6.07, 6.45) is 10.1. The summed E-state index contributed by atoms with van der Waals surface area (Å²) in [5.74, 6) is 1.96. The Kier molecular flexibility index (Phi) is 4.47. The summed E-state index contributed by atoms with van der Waals surface area (Å²) in [6, 6.07) is 0. The van der Waals surface area contributed by atoms with Gasteiger partial charge >= 0.3 is 0 Å². The smallest absolute Gasteiger partial charge is 0.0326 e. The first-order valence-electron chi connectivity index (χ1n) is 6.56. The molecule has 1 aliphatic carbocycles. The first-order chi connectivity index (χ1) is 6.56. The third-order valence-electron chi connectivity index (χ3n) is 4.22. The Morgan fingerprint density at radius 1 is 1.29 bits per heavy atom. The lowest BCUT2D eigenvalue weighted by molar-refractivity contribution is 0.172. The van der Waals surface area contributed by atoms with Crippen molar-refractivity contribution in [3.05, 3.63) is 0 Å². The van der Waals surface area contributed by atoms with Crippen molar-refractivity contribution in [3.63, 3.8) is 0 Å². The molecule has 0 aromatic heterocycles. The second-order valence-electron chi connectivity index (χ2n) is 6.06. The maximum absolute atomic E-state index is 2.49. The van der Waals surface area contributed by atoms with Gasteiger partial charge in [-0.2, -0.15) is 0 Å².